The van der Waals surface area contributed by atoms with Crippen molar-refractivity contribution in [3.63, 3.8) is 0 Å². The van der Waals surface area contributed by atoms with Crippen LogP contribution in [0.4, 0.5) is 18.9 Å². The van der Waals surface area contributed by atoms with Crippen LogP contribution < -0.4 is 10.5 Å². The summed E-state index contributed by atoms with van der Waals surface area (Å²) in [5.74, 6) is 0. The Kier molecular flexibility index (Phi) is 3.06. The summed E-state index contributed by atoms with van der Waals surface area (Å²) in [6.07, 6.45) is -5.07. The van der Waals surface area contributed by atoms with Crippen LogP contribution in [0.3, 0.4) is 0 Å². The standard InChI is InChI=1S/C11H13F3N2O2S/c1-7-4-8(15)6-9(5-7)19(17,18)16-10(2-3-10)11(12,13)14/h4-6,16H,2-3,15H2,1H3. The summed E-state index contributed by atoms with van der Waals surface area (Å²) in [5, 5.41) is 0. The van der Waals surface area contributed by atoms with Crippen LogP contribution >= 0.6 is 0 Å². The molecule has 1 fully saturated rings. The molecule has 1 aliphatic carbocycles. The lowest BCUT2D eigenvalue weighted by molar-refractivity contribution is -0.160. The Bertz CT molecular complexity index is 587. The molecule has 1 aromatic carbocycles. The molecule has 0 heterocycles. The van der Waals surface area contributed by atoms with Crippen molar-refractivity contribution in [1.29, 1.82) is 0 Å². The van der Waals surface area contributed by atoms with Gasteiger partial charge in [-0.25, -0.2) is 8.42 Å². The van der Waals surface area contributed by atoms with Gasteiger partial charge in [0.25, 0.3) is 0 Å². The maximum atomic E-state index is 12.7. The van der Waals surface area contributed by atoms with Crippen LogP contribution in [0, 0.1) is 6.92 Å². The van der Waals surface area contributed by atoms with E-state index in [1.807, 2.05) is 0 Å². The zero-order valence-electron chi connectivity index (χ0n) is 10.1. The zero-order valence-corrected chi connectivity index (χ0v) is 10.9. The van der Waals surface area contributed by atoms with E-state index >= 15 is 0 Å². The first-order chi connectivity index (χ1) is 8.56. The van der Waals surface area contributed by atoms with E-state index in [-0.39, 0.29) is 23.4 Å². The summed E-state index contributed by atoms with van der Waals surface area (Å²) in [5.41, 5.74) is 3.95. The van der Waals surface area contributed by atoms with Crippen LogP contribution in [0.5, 0.6) is 0 Å². The lowest BCUT2D eigenvalue weighted by Crippen LogP contribution is -2.47. The van der Waals surface area contributed by atoms with Crippen LogP contribution in [0.15, 0.2) is 23.1 Å². The number of aryl methyl sites for hydroxylation is 1. The summed E-state index contributed by atoms with van der Waals surface area (Å²) >= 11 is 0. The van der Waals surface area contributed by atoms with E-state index in [9.17, 15) is 21.6 Å². The van der Waals surface area contributed by atoms with Crippen molar-refractivity contribution in [2.24, 2.45) is 0 Å². The van der Waals surface area contributed by atoms with Gasteiger partial charge in [-0.2, -0.15) is 17.9 Å². The van der Waals surface area contributed by atoms with Crippen molar-refractivity contribution in [2.45, 2.75) is 36.4 Å². The van der Waals surface area contributed by atoms with E-state index in [4.69, 9.17) is 5.73 Å². The molecule has 1 saturated carbocycles. The van der Waals surface area contributed by atoms with Gasteiger partial charge in [-0.15, -0.1) is 0 Å². The molecule has 4 nitrogen and oxygen atoms in total. The number of nitrogens with two attached hydrogens (primary N) is 1. The highest BCUT2D eigenvalue weighted by Crippen LogP contribution is 2.49. The van der Waals surface area contributed by atoms with Gasteiger partial charge in [-0.05, 0) is 43.5 Å². The van der Waals surface area contributed by atoms with Gasteiger partial charge in [0.05, 0.1) is 4.90 Å². The molecule has 0 unspecified atom stereocenters. The summed E-state index contributed by atoms with van der Waals surface area (Å²) in [6.45, 7) is 1.62. The van der Waals surface area contributed by atoms with Crippen LogP contribution in [-0.4, -0.2) is 20.1 Å². The number of anilines is 1. The van der Waals surface area contributed by atoms with E-state index in [1.165, 1.54) is 12.1 Å². The van der Waals surface area contributed by atoms with Crippen LogP contribution in [-0.2, 0) is 10.0 Å². The van der Waals surface area contributed by atoms with E-state index < -0.39 is 21.7 Å². The average molecular weight is 294 g/mol. The molecule has 3 N–H and O–H groups in total. The quantitative estimate of drug-likeness (QED) is 0.837. The van der Waals surface area contributed by atoms with Gasteiger partial charge in [0.1, 0.15) is 5.54 Å². The molecular formula is C11H13F3N2O2S. The first-order valence-electron chi connectivity index (χ1n) is 5.54. The van der Waals surface area contributed by atoms with E-state index in [0.717, 1.165) is 6.07 Å². The van der Waals surface area contributed by atoms with Crippen LogP contribution in [0.25, 0.3) is 0 Å². The highest BCUT2D eigenvalue weighted by molar-refractivity contribution is 7.89. The Morgan fingerprint density at radius 2 is 1.84 bits per heavy atom. The van der Waals surface area contributed by atoms with Gasteiger partial charge in [-0.3, -0.25) is 0 Å². The van der Waals surface area contributed by atoms with E-state index in [2.05, 4.69) is 0 Å². The highest BCUT2D eigenvalue weighted by atomic mass is 32.2. The minimum atomic E-state index is -4.59. The van der Waals surface area contributed by atoms with Crippen LogP contribution in [0.1, 0.15) is 18.4 Å². The summed E-state index contributed by atoms with van der Waals surface area (Å²) in [4.78, 5) is -0.250. The SMILES string of the molecule is Cc1cc(N)cc(S(=O)(=O)NC2(C(F)(F)F)CC2)c1. The van der Waals surface area contributed by atoms with Crippen LogP contribution in [0.2, 0.25) is 0 Å². The Labute approximate surface area is 108 Å². The number of nitrogen functional groups attached to an aromatic ring is 1. The van der Waals surface area contributed by atoms with E-state index in [0.29, 0.717) is 5.56 Å². The van der Waals surface area contributed by atoms with Crippen molar-refractivity contribution in [2.75, 3.05) is 5.73 Å². The number of halogens is 3. The van der Waals surface area contributed by atoms with Crippen molar-refractivity contribution in [3.05, 3.63) is 23.8 Å². The van der Waals surface area contributed by atoms with Crippen molar-refractivity contribution in [1.82, 2.24) is 4.72 Å². The summed E-state index contributed by atoms with van der Waals surface area (Å²) in [6, 6.07) is 3.96. The maximum Gasteiger partial charge on any atom is 0.407 e. The number of benzene rings is 1. The number of rotatable bonds is 3. The second-order valence-electron chi connectivity index (χ2n) is 4.76. The first-order valence-corrected chi connectivity index (χ1v) is 7.02. The molecule has 1 aliphatic rings. The number of nitrogens with one attached hydrogen (secondary N) is 1. The monoisotopic (exact) mass is 294 g/mol. The van der Waals surface area contributed by atoms with Gasteiger partial charge < -0.3 is 5.73 Å². The number of sulfonamides is 1. The molecule has 19 heavy (non-hydrogen) atoms. The molecule has 0 aliphatic heterocycles. The normalized spacial score (nSPS) is 18.3. The third kappa shape index (κ3) is 2.69. The lowest BCUT2D eigenvalue weighted by atomic mass is 10.2. The smallest absolute Gasteiger partial charge is 0.399 e. The molecule has 0 atom stereocenters. The largest absolute Gasteiger partial charge is 0.407 e. The Morgan fingerprint density at radius 1 is 1.26 bits per heavy atom. The van der Waals surface area contributed by atoms with Crippen molar-refractivity contribution in [3.8, 4) is 0 Å². The van der Waals surface area contributed by atoms with Gasteiger partial charge in [-0.1, -0.05) is 0 Å². The number of hydrogen-bond acceptors (Lipinski definition) is 3. The Morgan fingerprint density at radius 3 is 2.26 bits per heavy atom. The molecule has 0 saturated heterocycles. The molecule has 1 aromatic rings. The van der Waals surface area contributed by atoms with Gasteiger partial charge in [0, 0.05) is 5.69 Å². The fourth-order valence-electron chi connectivity index (χ4n) is 1.82. The molecule has 2 rings (SSSR count). The predicted octanol–water partition coefficient (Wildman–Crippen LogP) is 1.95. The Balaban J connectivity index is 2.34. The third-order valence-corrected chi connectivity index (χ3v) is 4.52. The number of hydrogen-bond donors (Lipinski definition) is 2. The van der Waals surface area contributed by atoms with E-state index in [1.54, 1.807) is 11.6 Å². The molecule has 0 spiro atoms. The molecule has 8 heteroatoms. The maximum absolute atomic E-state index is 12.7. The second-order valence-corrected chi connectivity index (χ2v) is 6.45. The Hall–Kier alpha value is -1.28. The molecule has 0 bridgehead atoms. The summed E-state index contributed by atoms with van der Waals surface area (Å²) < 4.78 is 63.9. The first kappa shape index (κ1) is 14.1. The zero-order chi connectivity index (χ0) is 14.5. The second kappa shape index (κ2) is 4.11. The topological polar surface area (TPSA) is 72.2 Å². The fraction of sp³-hybridized carbons (Fsp3) is 0.455. The molecule has 0 amide bonds. The lowest BCUT2D eigenvalue weighted by Gasteiger charge is -2.20. The number of alkyl halides is 3. The highest BCUT2D eigenvalue weighted by Gasteiger charge is 2.65. The van der Waals surface area contributed by atoms with Gasteiger partial charge in [0.2, 0.25) is 10.0 Å². The predicted molar refractivity (Wildman–Crippen MR) is 63.9 cm³/mol. The minimum Gasteiger partial charge on any atom is -0.399 e. The molecule has 0 radical (unpaired) electrons. The third-order valence-electron chi connectivity index (χ3n) is 3.01. The van der Waals surface area contributed by atoms with Gasteiger partial charge in [0.15, 0.2) is 0 Å². The fourth-order valence-corrected chi connectivity index (χ4v) is 3.40. The van der Waals surface area contributed by atoms with Gasteiger partial charge >= 0.3 is 6.18 Å². The summed E-state index contributed by atoms with van der Waals surface area (Å²) in [7, 11) is -4.23. The minimum absolute atomic E-state index is 0.192. The van der Waals surface area contributed by atoms with Crippen molar-refractivity contribution >= 4 is 15.7 Å². The average Bonchev–Trinajstić information content (AvgIpc) is 2.95. The molecule has 106 valence electrons. The van der Waals surface area contributed by atoms with Crippen molar-refractivity contribution < 1.29 is 21.6 Å². The molecular weight excluding hydrogens is 281 g/mol. The molecule has 0 aromatic heterocycles.